The van der Waals surface area contributed by atoms with E-state index in [1.807, 2.05) is 32.3 Å². The zero-order valence-electron chi connectivity index (χ0n) is 14.3. The van der Waals surface area contributed by atoms with Crippen LogP contribution in [0.5, 0.6) is 0 Å². The summed E-state index contributed by atoms with van der Waals surface area (Å²) in [5.41, 5.74) is 1.30. The number of thioether (sulfide) groups is 1. The molecule has 0 bridgehead atoms. The Balaban J connectivity index is 2.02. The van der Waals surface area contributed by atoms with Crippen LogP contribution in [-0.2, 0) is 11.3 Å². The van der Waals surface area contributed by atoms with E-state index in [2.05, 4.69) is 15.5 Å². The summed E-state index contributed by atoms with van der Waals surface area (Å²) in [5, 5.41) is 11.2. The Morgan fingerprint density at radius 3 is 2.46 bits per heavy atom. The Hall–Kier alpha value is -2.15. The highest BCUT2D eigenvalue weighted by Gasteiger charge is 2.19. The van der Waals surface area contributed by atoms with Gasteiger partial charge in [0, 0.05) is 23.7 Å². The molecule has 0 saturated heterocycles. The molecule has 0 unspecified atom stereocenters. The number of aromatic nitrogens is 3. The molecular formula is C17H22N4O2S. The Morgan fingerprint density at radius 2 is 1.88 bits per heavy atom. The number of ketones is 1. The molecule has 1 aromatic carbocycles. The van der Waals surface area contributed by atoms with Crippen molar-refractivity contribution >= 4 is 29.1 Å². The molecule has 1 aromatic heterocycles. The fourth-order valence-electron chi connectivity index (χ4n) is 2.00. The average molecular weight is 346 g/mol. The lowest BCUT2D eigenvalue weighted by molar-refractivity contribution is -0.118. The summed E-state index contributed by atoms with van der Waals surface area (Å²) in [6.45, 7) is 8.29. The minimum atomic E-state index is -0.268. The van der Waals surface area contributed by atoms with Crippen molar-refractivity contribution in [3.8, 4) is 0 Å². The number of hydrogen-bond donors (Lipinski definition) is 1. The number of anilines is 1. The zero-order chi connectivity index (χ0) is 17.7. The Morgan fingerprint density at radius 1 is 1.21 bits per heavy atom. The summed E-state index contributed by atoms with van der Waals surface area (Å²) >= 11 is 1.39. The largest absolute Gasteiger partial charge is 0.326 e. The first-order valence-electron chi connectivity index (χ1n) is 7.92. The third kappa shape index (κ3) is 4.44. The van der Waals surface area contributed by atoms with Crippen molar-refractivity contribution < 1.29 is 9.59 Å². The van der Waals surface area contributed by atoms with Gasteiger partial charge in [0.25, 0.3) is 0 Å². The minimum Gasteiger partial charge on any atom is -0.326 e. The van der Waals surface area contributed by atoms with Gasteiger partial charge in [-0.25, -0.2) is 0 Å². The molecule has 7 heteroatoms. The van der Waals surface area contributed by atoms with Gasteiger partial charge in [-0.3, -0.25) is 9.59 Å². The summed E-state index contributed by atoms with van der Waals surface area (Å²) in [6, 6.07) is 6.97. The topological polar surface area (TPSA) is 76.9 Å². The Kier molecular flexibility index (Phi) is 6.14. The number of nitrogens with one attached hydrogen (secondary N) is 1. The molecule has 6 nitrogen and oxygen atoms in total. The molecule has 1 atom stereocenters. The lowest BCUT2D eigenvalue weighted by atomic mass is 10.1. The van der Waals surface area contributed by atoms with Gasteiger partial charge >= 0.3 is 0 Å². The molecule has 0 saturated carbocycles. The first-order chi connectivity index (χ1) is 11.4. The van der Waals surface area contributed by atoms with Crippen molar-refractivity contribution in [3.63, 3.8) is 0 Å². The molecular weight excluding hydrogens is 324 g/mol. The first-order valence-corrected chi connectivity index (χ1v) is 8.80. The predicted molar refractivity (Wildman–Crippen MR) is 95.3 cm³/mol. The van der Waals surface area contributed by atoms with E-state index in [9.17, 15) is 9.59 Å². The molecule has 0 spiro atoms. The highest BCUT2D eigenvalue weighted by Crippen LogP contribution is 2.24. The smallest absolute Gasteiger partial charge is 0.226 e. The van der Waals surface area contributed by atoms with E-state index in [0.29, 0.717) is 11.3 Å². The molecule has 1 N–H and O–H groups in total. The van der Waals surface area contributed by atoms with Gasteiger partial charge in [0.15, 0.2) is 10.9 Å². The minimum absolute atomic E-state index is 0.0207. The van der Waals surface area contributed by atoms with Gasteiger partial charge in [-0.2, -0.15) is 0 Å². The predicted octanol–water partition coefficient (Wildman–Crippen LogP) is 3.26. The Labute approximate surface area is 146 Å². The molecule has 1 heterocycles. The lowest BCUT2D eigenvalue weighted by Crippen LogP contribution is -2.18. The van der Waals surface area contributed by atoms with Gasteiger partial charge in [0.2, 0.25) is 5.91 Å². The fraction of sp³-hybridized carbons (Fsp3) is 0.412. The number of amides is 1. The molecule has 0 aliphatic carbocycles. The van der Waals surface area contributed by atoms with Crippen LogP contribution in [0.1, 0.15) is 38.1 Å². The van der Waals surface area contributed by atoms with Crippen LogP contribution >= 0.6 is 11.8 Å². The summed E-state index contributed by atoms with van der Waals surface area (Å²) in [5.74, 6) is -0.108. The Bertz CT molecular complexity index is 710. The first kappa shape index (κ1) is 18.2. The molecule has 0 aliphatic rings. The second-order valence-electron chi connectivity index (χ2n) is 5.75. The molecule has 0 aliphatic heterocycles. The molecule has 2 aromatic rings. The van der Waals surface area contributed by atoms with Gasteiger partial charge in [0.1, 0.15) is 6.33 Å². The number of Topliss-reactive ketones (excluding diaryl/α,β-unsaturated/α-hetero) is 1. The van der Waals surface area contributed by atoms with Crippen LogP contribution < -0.4 is 5.32 Å². The monoisotopic (exact) mass is 346 g/mol. The van der Waals surface area contributed by atoms with Gasteiger partial charge < -0.3 is 9.88 Å². The van der Waals surface area contributed by atoms with Gasteiger partial charge in [-0.1, -0.05) is 25.6 Å². The maximum Gasteiger partial charge on any atom is 0.226 e. The molecule has 1 amide bonds. The van der Waals surface area contributed by atoms with Crippen molar-refractivity contribution in [2.45, 2.75) is 44.6 Å². The number of benzene rings is 1. The zero-order valence-corrected chi connectivity index (χ0v) is 15.1. The molecule has 2 rings (SSSR count). The molecule has 24 heavy (non-hydrogen) atoms. The van der Waals surface area contributed by atoms with E-state index in [4.69, 9.17) is 0 Å². The standard InChI is InChI=1S/C17H22N4O2S/c1-5-21-10-18-20-17(21)24-12(4)15(22)13-6-8-14(9-7-13)19-16(23)11(2)3/h6-12H,5H2,1-4H3,(H,19,23)/t12-/m1/s1. The van der Waals surface area contributed by atoms with Crippen LogP contribution in [0.3, 0.4) is 0 Å². The van der Waals surface area contributed by atoms with Crippen LogP contribution in [0.25, 0.3) is 0 Å². The van der Waals surface area contributed by atoms with Gasteiger partial charge in [0.05, 0.1) is 5.25 Å². The van der Waals surface area contributed by atoms with Gasteiger partial charge in [-0.05, 0) is 38.1 Å². The maximum atomic E-state index is 12.5. The van der Waals surface area contributed by atoms with Crippen molar-refractivity contribution in [2.24, 2.45) is 5.92 Å². The van der Waals surface area contributed by atoms with Crippen molar-refractivity contribution in [1.82, 2.24) is 14.8 Å². The van der Waals surface area contributed by atoms with Crippen LogP contribution in [0.4, 0.5) is 5.69 Å². The summed E-state index contributed by atoms with van der Waals surface area (Å²) in [7, 11) is 0. The van der Waals surface area contributed by atoms with E-state index in [-0.39, 0.29) is 22.9 Å². The average Bonchev–Trinajstić information content (AvgIpc) is 3.01. The quantitative estimate of drug-likeness (QED) is 0.615. The van der Waals surface area contributed by atoms with E-state index >= 15 is 0 Å². The van der Waals surface area contributed by atoms with Crippen LogP contribution in [0.2, 0.25) is 0 Å². The number of hydrogen-bond acceptors (Lipinski definition) is 5. The number of aryl methyl sites for hydroxylation is 1. The normalized spacial score (nSPS) is 12.2. The van der Waals surface area contributed by atoms with E-state index < -0.39 is 0 Å². The highest BCUT2D eigenvalue weighted by molar-refractivity contribution is 8.00. The van der Waals surface area contributed by atoms with Gasteiger partial charge in [-0.15, -0.1) is 10.2 Å². The van der Waals surface area contributed by atoms with E-state index in [1.54, 1.807) is 30.6 Å². The van der Waals surface area contributed by atoms with Crippen LogP contribution in [0, 0.1) is 5.92 Å². The number of carbonyl (C=O) groups excluding carboxylic acids is 2. The molecule has 0 fully saturated rings. The number of nitrogens with zero attached hydrogens (tertiary/aromatic N) is 3. The van der Waals surface area contributed by atoms with Crippen molar-refractivity contribution in [2.75, 3.05) is 5.32 Å². The molecule has 128 valence electrons. The number of rotatable bonds is 7. The fourth-order valence-corrected chi connectivity index (χ4v) is 2.97. The second-order valence-corrected chi connectivity index (χ2v) is 7.05. The maximum absolute atomic E-state index is 12.5. The highest BCUT2D eigenvalue weighted by atomic mass is 32.2. The summed E-state index contributed by atoms with van der Waals surface area (Å²) in [4.78, 5) is 24.2. The van der Waals surface area contributed by atoms with E-state index in [0.717, 1.165) is 11.7 Å². The van der Waals surface area contributed by atoms with E-state index in [1.165, 1.54) is 11.8 Å². The third-order valence-electron chi connectivity index (χ3n) is 3.53. The lowest BCUT2D eigenvalue weighted by Gasteiger charge is -2.11. The second kappa shape index (κ2) is 8.10. The number of carbonyl (C=O) groups is 2. The third-order valence-corrected chi connectivity index (χ3v) is 4.63. The van der Waals surface area contributed by atoms with Crippen LogP contribution in [-0.4, -0.2) is 31.7 Å². The summed E-state index contributed by atoms with van der Waals surface area (Å²) < 4.78 is 1.90. The van der Waals surface area contributed by atoms with Crippen molar-refractivity contribution in [1.29, 1.82) is 0 Å². The molecule has 0 radical (unpaired) electrons. The SMILES string of the molecule is CCn1cnnc1S[C@H](C)C(=O)c1ccc(NC(=O)C(C)C)cc1. The summed E-state index contributed by atoms with van der Waals surface area (Å²) in [6.07, 6.45) is 1.66. The van der Waals surface area contributed by atoms with Crippen molar-refractivity contribution in [3.05, 3.63) is 36.2 Å². The van der Waals surface area contributed by atoms with Crippen LogP contribution in [0.15, 0.2) is 35.7 Å².